The lowest BCUT2D eigenvalue weighted by atomic mass is 9.98. The van der Waals surface area contributed by atoms with Crippen LogP contribution in [0.4, 0.5) is 4.39 Å². The summed E-state index contributed by atoms with van der Waals surface area (Å²) >= 11 is 0. The Morgan fingerprint density at radius 1 is 1.25 bits per heavy atom. The number of ether oxygens (including phenoxy) is 1. The third-order valence-electron chi connectivity index (χ3n) is 5.39. The van der Waals surface area contributed by atoms with E-state index in [1.807, 2.05) is 0 Å². The van der Waals surface area contributed by atoms with Crippen molar-refractivity contribution in [2.75, 3.05) is 20.1 Å². The zero-order valence-corrected chi connectivity index (χ0v) is 18.8. The molecule has 10 heteroatoms. The highest BCUT2D eigenvalue weighted by atomic mass is 32.2. The summed E-state index contributed by atoms with van der Waals surface area (Å²) in [6.45, 7) is 2.03. The number of esters is 1. The Labute approximate surface area is 187 Å². The van der Waals surface area contributed by atoms with E-state index in [0.29, 0.717) is 18.4 Å². The van der Waals surface area contributed by atoms with Gasteiger partial charge in [0.05, 0.1) is 5.92 Å². The largest absolute Gasteiger partial charge is 0.452 e. The van der Waals surface area contributed by atoms with Gasteiger partial charge >= 0.3 is 5.97 Å². The fraction of sp³-hybridized carbons (Fsp3) is 0.409. The molecule has 8 nitrogen and oxygen atoms in total. The number of amides is 1. The molecule has 1 aromatic carbocycles. The molecule has 0 radical (unpaired) electrons. The van der Waals surface area contributed by atoms with Crippen molar-refractivity contribution in [1.29, 1.82) is 0 Å². The first kappa shape index (κ1) is 23.8. The third-order valence-corrected chi connectivity index (χ3v) is 7.27. The van der Waals surface area contributed by atoms with Crippen LogP contribution in [-0.2, 0) is 30.9 Å². The SMILES string of the molecule is CC(OC(=O)C1CCN(S(=O)(=O)c2cccnc2)CC1)C(=O)N(C)Cc1cccc(F)c1. The summed E-state index contributed by atoms with van der Waals surface area (Å²) in [4.78, 5) is 30.4. The van der Waals surface area contributed by atoms with Gasteiger partial charge in [-0.15, -0.1) is 0 Å². The lowest BCUT2D eigenvalue weighted by molar-refractivity contribution is -0.163. The Morgan fingerprint density at radius 3 is 2.59 bits per heavy atom. The van der Waals surface area contributed by atoms with Crippen molar-refractivity contribution in [2.45, 2.75) is 37.3 Å². The number of hydrogen-bond acceptors (Lipinski definition) is 6. The van der Waals surface area contributed by atoms with Crippen molar-refractivity contribution in [3.05, 3.63) is 60.2 Å². The van der Waals surface area contributed by atoms with Crippen LogP contribution in [0.1, 0.15) is 25.3 Å². The molecule has 1 unspecified atom stereocenters. The summed E-state index contributed by atoms with van der Waals surface area (Å²) in [5.41, 5.74) is 0.626. The first-order valence-electron chi connectivity index (χ1n) is 10.3. The van der Waals surface area contributed by atoms with Gasteiger partial charge in [0.1, 0.15) is 10.7 Å². The van der Waals surface area contributed by atoms with Gasteiger partial charge in [-0.25, -0.2) is 12.8 Å². The number of sulfonamides is 1. The highest BCUT2D eigenvalue weighted by Crippen LogP contribution is 2.24. The van der Waals surface area contributed by atoms with Crippen LogP contribution in [0.2, 0.25) is 0 Å². The van der Waals surface area contributed by atoms with E-state index in [0.717, 1.165) is 0 Å². The number of carbonyl (C=O) groups is 2. The summed E-state index contributed by atoms with van der Waals surface area (Å²) in [7, 11) is -2.11. The molecule has 2 heterocycles. The predicted molar refractivity (Wildman–Crippen MR) is 114 cm³/mol. The lowest BCUT2D eigenvalue weighted by Gasteiger charge is -2.30. The number of likely N-dealkylation sites (N-methyl/N-ethyl adjacent to an activating group) is 1. The van der Waals surface area contributed by atoms with Crippen LogP contribution in [0.5, 0.6) is 0 Å². The van der Waals surface area contributed by atoms with E-state index in [2.05, 4.69) is 4.98 Å². The molecular formula is C22H26FN3O5S. The van der Waals surface area contributed by atoms with Crippen molar-refractivity contribution in [1.82, 2.24) is 14.2 Å². The molecule has 0 N–H and O–H groups in total. The number of piperidine rings is 1. The second-order valence-electron chi connectivity index (χ2n) is 7.77. The minimum atomic E-state index is -3.66. The van der Waals surface area contributed by atoms with Crippen LogP contribution in [0.15, 0.2) is 53.7 Å². The van der Waals surface area contributed by atoms with Gasteiger partial charge in [-0.3, -0.25) is 14.6 Å². The van der Waals surface area contributed by atoms with Crippen LogP contribution in [0.25, 0.3) is 0 Å². The van der Waals surface area contributed by atoms with Crippen LogP contribution in [0.3, 0.4) is 0 Å². The molecule has 32 heavy (non-hydrogen) atoms. The second kappa shape index (κ2) is 10.2. The summed E-state index contributed by atoms with van der Waals surface area (Å²) in [6.07, 6.45) is 2.40. The van der Waals surface area contributed by atoms with Gasteiger partial charge in [0.15, 0.2) is 6.10 Å². The standard InChI is InChI=1S/C22H26FN3O5S/c1-16(21(27)25(2)15-17-5-3-6-19(23)13-17)31-22(28)18-8-11-26(12-9-18)32(29,30)20-7-4-10-24-14-20/h3-7,10,13-14,16,18H,8-9,11-12,15H2,1-2H3. The fourth-order valence-electron chi connectivity index (χ4n) is 3.60. The van der Waals surface area contributed by atoms with E-state index in [1.165, 1.54) is 46.7 Å². The molecule has 2 aromatic rings. The molecule has 0 spiro atoms. The molecule has 1 aliphatic rings. The molecule has 1 atom stereocenters. The maximum atomic E-state index is 13.3. The van der Waals surface area contributed by atoms with Crippen molar-refractivity contribution in [3.8, 4) is 0 Å². The van der Waals surface area contributed by atoms with Gasteiger partial charge in [0, 0.05) is 39.1 Å². The number of rotatable bonds is 7. The molecule has 1 saturated heterocycles. The van der Waals surface area contributed by atoms with Gasteiger partial charge in [0.25, 0.3) is 5.91 Å². The number of hydrogen-bond donors (Lipinski definition) is 0. The molecule has 1 fully saturated rings. The Kier molecular flexibility index (Phi) is 7.57. The van der Waals surface area contributed by atoms with Crippen LogP contribution in [0, 0.1) is 11.7 Å². The number of carbonyl (C=O) groups excluding carboxylic acids is 2. The lowest BCUT2D eigenvalue weighted by Crippen LogP contribution is -2.42. The van der Waals surface area contributed by atoms with Gasteiger partial charge in [0.2, 0.25) is 10.0 Å². The normalized spacial score (nSPS) is 16.3. The van der Waals surface area contributed by atoms with Crippen molar-refractivity contribution in [3.63, 3.8) is 0 Å². The summed E-state index contributed by atoms with van der Waals surface area (Å²) in [5.74, 6) is -1.80. The highest BCUT2D eigenvalue weighted by molar-refractivity contribution is 7.89. The quantitative estimate of drug-likeness (QED) is 0.584. The minimum absolute atomic E-state index is 0.113. The average Bonchev–Trinajstić information content (AvgIpc) is 2.79. The Balaban J connectivity index is 1.51. The van der Waals surface area contributed by atoms with Crippen molar-refractivity contribution < 1.29 is 27.1 Å². The number of benzene rings is 1. The van der Waals surface area contributed by atoms with E-state index in [4.69, 9.17) is 4.74 Å². The maximum Gasteiger partial charge on any atom is 0.309 e. The van der Waals surface area contributed by atoms with E-state index < -0.39 is 33.9 Å². The smallest absolute Gasteiger partial charge is 0.309 e. The fourth-order valence-corrected chi connectivity index (χ4v) is 5.03. The van der Waals surface area contributed by atoms with E-state index in [9.17, 15) is 22.4 Å². The van der Waals surface area contributed by atoms with Gasteiger partial charge in [-0.1, -0.05) is 12.1 Å². The first-order valence-corrected chi connectivity index (χ1v) is 11.7. The number of halogens is 1. The third kappa shape index (κ3) is 5.68. The molecule has 0 saturated carbocycles. The van der Waals surface area contributed by atoms with Crippen molar-refractivity contribution >= 4 is 21.9 Å². The van der Waals surface area contributed by atoms with Crippen LogP contribution >= 0.6 is 0 Å². The van der Waals surface area contributed by atoms with Crippen molar-refractivity contribution in [2.24, 2.45) is 5.92 Å². The van der Waals surface area contributed by atoms with Crippen LogP contribution in [-0.4, -0.2) is 60.7 Å². The monoisotopic (exact) mass is 463 g/mol. The summed E-state index contributed by atoms with van der Waals surface area (Å²) < 4.78 is 45.4. The van der Waals surface area contributed by atoms with Gasteiger partial charge in [-0.05, 0) is 49.6 Å². The zero-order valence-electron chi connectivity index (χ0n) is 18.0. The number of pyridine rings is 1. The predicted octanol–water partition coefficient (Wildman–Crippen LogP) is 2.21. The first-order chi connectivity index (χ1) is 15.2. The van der Waals surface area contributed by atoms with E-state index in [1.54, 1.807) is 25.2 Å². The second-order valence-corrected chi connectivity index (χ2v) is 9.71. The minimum Gasteiger partial charge on any atom is -0.452 e. The molecule has 0 aliphatic carbocycles. The van der Waals surface area contributed by atoms with Crippen LogP contribution < -0.4 is 0 Å². The van der Waals surface area contributed by atoms with Gasteiger partial charge < -0.3 is 9.64 Å². The summed E-state index contributed by atoms with van der Waals surface area (Å²) in [6, 6.07) is 8.97. The van der Waals surface area contributed by atoms with Gasteiger partial charge in [-0.2, -0.15) is 4.31 Å². The average molecular weight is 464 g/mol. The number of aromatic nitrogens is 1. The number of nitrogens with zero attached hydrogens (tertiary/aromatic N) is 3. The molecule has 1 aromatic heterocycles. The molecule has 1 aliphatic heterocycles. The maximum absolute atomic E-state index is 13.3. The molecule has 172 valence electrons. The van der Waals surface area contributed by atoms with E-state index in [-0.39, 0.29) is 30.3 Å². The Morgan fingerprint density at radius 2 is 1.97 bits per heavy atom. The Bertz CT molecular complexity index is 1060. The highest BCUT2D eigenvalue weighted by Gasteiger charge is 2.34. The Hall–Kier alpha value is -2.85. The molecule has 3 rings (SSSR count). The summed E-state index contributed by atoms with van der Waals surface area (Å²) in [5, 5.41) is 0. The molecule has 0 bridgehead atoms. The van der Waals surface area contributed by atoms with E-state index >= 15 is 0 Å². The molecular weight excluding hydrogens is 437 g/mol. The topological polar surface area (TPSA) is 96.9 Å². The molecule has 1 amide bonds. The zero-order chi connectivity index (χ0) is 23.3.